The Hall–Kier alpha value is -1.61. The molecule has 1 aliphatic heterocycles. The maximum Gasteiger partial charge on any atom is 0.303 e. The van der Waals surface area contributed by atoms with Gasteiger partial charge in [-0.3, -0.25) is 33.6 Å². The molecular formula is C27H31I4N3O12. The van der Waals surface area contributed by atoms with Crippen LogP contribution in [0.4, 0.5) is 5.69 Å². The number of carbonyl (C=O) groups is 7. The van der Waals surface area contributed by atoms with Gasteiger partial charge in [-0.15, -0.1) is 0 Å². The maximum absolute atomic E-state index is 13.8. The predicted octanol–water partition coefficient (Wildman–Crippen LogP) is 2.12. The SMILES string of the molecule is CC(=O)OCC(CNC(=O)c1c(I)c(C(=O)NCC(COC(C)=O)OC(C)=O)c(I)c(N2C(=O)COCC2CI)c1I)OC(C)=O. The van der Waals surface area contributed by atoms with E-state index in [4.69, 9.17) is 23.7 Å². The molecule has 1 heterocycles. The van der Waals surface area contributed by atoms with Crippen LogP contribution in [0.5, 0.6) is 0 Å². The molecule has 2 rings (SSSR count). The lowest BCUT2D eigenvalue weighted by molar-refractivity contribution is -0.155. The van der Waals surface area contributed by atoms with E-state index in [1.165, 1.54) is 32.6 Å². The Kier molecular flexibility index (Phi) is 17.1. The summed E-state index contributed by atoms with van der Waals surface area (Å²) in [6.45, 7) is 3.70. The van der Waals surface area contributed by atoms with Crippen molar-refractivity contribution in [2.75, 3.05) is 48.8 Å². The molecule has 1 aliphatic rings. The van der Waals surface area contributed by atoms with Gasteiger partial charge in [0.05, 0.1) is 49.7 Å². The van der Waals surface area contributed by atoms with E-state index in [1.54, 1.807) is 0 Å². The highest BCUT2D eigenvalue weighted by atomic mass is 127. The third-order valence-electron chi connectivity index (χ3n) is 5.93. The van der Waals surface area contributed by atoms with Gasteiger partial charge in [0.1, 0.15) is 19.8 Å². The van der Waals surface area contributed by atoms with Crippen LogP contribution < -0.4 is 15.5 Å². The summed E-state index contributed by atoms with van der Waals surface area (Å²) in [5.41, 5.74) is 0.470. The van der Waals surface area contributed by atoms with Crippen molar-refractivity contribution in [2.24, 2.45) is 0 Å². The highest BCUT2D eigenvalue weighted by Crippen LogP contribution is 2.39. The van der Waals surface area contributed by atoms with E-state index in [9.17, 15) is 33.6 Å². The summed E-state index contributed by atoms with van der Waals surface area (Å²) in [5.74, 6) is -4.18. The molecule has 0 aliphatic carbocycles. The van der Waals surface area contributed by atoms with Gasteiger partial charge in [0.25, 0.3) is 17.7 Å². The fraction of sp³-hybridized carbons (Fsp3) is 0.519. The van der Waals surface area contributed by atoms with Crippen LogP contribution in [0.15, 0.2) is 0 Å². The van der Waals surface area contributed by atoms with Gasteiger partial charge < -0.3 is 39.2 Å². The van der Waals surface area contributed by atoms with Crippen molar-refractivity contribution in [2.45, 2.75) is 45.9 Å². The van der Waals surface area contributed by atoms with Gasteiger partial charge in [0, 0.05) is 35.7 Å². The molecule has 1 aromatic rings. The van der Waals surface area contributed by atoms with Crippen molar-refractivity contribution in [3.63, 3.8) is 0 Å². The first-order valence-electron chi connectivity index (χ1n) is 13.4. The van der Waals surface area contributed by atoms with Gasteiger partial charge in [-0.25, -0.2) is 0 Å². The van der Waals surface area contributed by atoms with Crippen LogP contribution in [0.25, 0.3) is 0 Å². The lowest BCUT2D eigenvalue weighted by Gasteiger charge is -2.36. The van der Waals surface area contributed by atoms with E-state index in [0.29, 0.717) is 17.3 Å². The number of benzene rings is 1. The van der Waals surface area contributed by atoms with Crippen LogP contribution in [-0.4, -0.2) is 104 Å². The summed E-state index contributed by atoms with van der Waals surface area (Å²) in [6.07, 6.45) is -1.99. The van der Waals surface area contributed by atoms with Gasteiger partial charge >= 0.3 is 23.9 Å². The Morgan fingerprint density at radius 3 is 1.59 bits per heavy atom. The number of halogens is 4. The van der Waals surface area contributed by atoms with E-state index >= 15 is 0 Å². The van der Waals surface area contributed by atoms with Crippen LogP contribution >= 0.6 is 90.4 Å². The monoisotopic (exact) mass is 1100 g/mol. The average molecular weight is 1100 g/mol. The number of esters is 4. The van der Waals surface area contributed by atoms with Crippen LogP contribution in [0.2, 0.25) is 0 Å². The Balaban J connectivity index is 2.59. The molecule has 15 nitrogen and oxygen atoms in total. The van der Waals surface area contributed by atoms with Gasteiger partial charge in [-0.05, 0) is 67.8 Å². The Bertz CT molecular complexity index is 1290. The van der Waals surface area contributed by atoms with Crippen molar-refractivity contribution in [1.82, 2.24) is 10.6 Å². The molecule has 1 saturated heterocycles. The van der Waals surface area contributed by atoms with Crippen LogP contribution in [0, 0.1) is 10.7 Å². The van der Waals surface area contributed by atoms with Gasteiger partial charge in [0.15, 0.2) is 12.2 Å². The quantitative estimate of drug-likeness (QED) is 0.120. The number of alkyl halides is 1. The molecule has 0 saturated carbocycles. The summed E-state index contributed by atoms with van der Waals surface area (Å²) >= 11 is 7.89. The molecule has 0 spiro atoms. The summed E-state index contributed by atoms with van der Waals surface area (Å²) < 4.78 is 27.2. The second-order valence-electron chi connectivity index (χ2n) is 9.62. The lowest BCUT2D eigenvalue weighted by atomic mass is 10.0. The molecule has 1 aromatic carbocycles. The summed E-state index contributed by atoms with van der Waals surface area (Å²) in [4.78, 5) is 88.1. The Morgan fingerprint density at radius 1 is 0.783 bits per heavy atom. The first-order valence-corrected chi connectivity index (χ1v) is 18.2. The second kappa shape index (κ2) is 19.4. The van der Waals surface area contributed by atoms with Crippen molar-refractivity contribution >= 4 is 138 Å². The molecule has 0 radical (unpaired) electrons. The number of hydrogen-bond acceptors (Lipinski definition) is 12. The number of nitrogens with one attached hydrogen (secondary N) is 2. The van der Waals surface area contributed by atoms with E-state index < -0.39 is 53.9 Å². The number of anilines is 1. The first kappa shape index (κ1) is 40.6. The van der Waals surface area contributed by atoms with E-state index in [0.717, 1.165) is 0 Å². The maximum atomic E-state index is 13.8. The number of ether oxygens (including phenoxy) is 5. The molecule has 254 valence electrons. The van der Waals surface area contributed by atoms with E-state index in [2.05, 4.69) is 33.2 Å². The van der Waals surface area contributed by atoms with Crippen LogP contribution in [0.1, 0.15) is 48.4 Å². The molecule has 0 aromatic heterocycles. The fourth-order valence-electron chi connectivity index (χ4n) is 4.06. The minimum atomic E-state index is -0.994. The lowest BCUT2D eigenvalue weighted by Crippen LogP contribution is -2.51. The third kappa shape index (κ3) is 11.8. The smallest absolute Gasteiger partial charge is 0.303 e. The zero-order chi connectivity index (χ0) is 34.7. The minimum absolute atomic E-state index is 0.0683. The number of amides is 3. The van der Waals surface area contributed by atoms with E-state index in [1.807, 2.05) is 67.8 Å². The summed E-state index contributed by atoms with van der Waals surface area (Å²) in [5, 5.41) is 5.35. The highest BCUT2D eigenvalue weighted by molar-refractivity contribution is 14.1. The molecule has 3 atom stereocenters. The number of rotatable bonds is 14. The zero-order valence-corrected chi connectivity index (χ0v) is 33.7. The van der Waals surface area contributed by atoms with Gasteiger partial charge in [-0.1, -0.05) is 22.6 Å². The first-order chi connectivity index (χ1) is 21.6. The number of nitrogens with zero attached hydrogens (tertiary/aromatic N) is 1. The van der Waals surface area contributed by atoms with Crippen LogP contribution in [-0.2, 0) is 47.7 Å². The molecular weight excluding hydrogens is 1070 g/mol. The molecule has 46 heavy (non-hydrogen) atoms. The molecule has 2 N–H and O–H groups in total. The molecule has 3 unspecified atom stereocenters. The van der Waals surface area contributed by atoms with Gasteiger partial charge in [0.2, 0.25) is 0 Å². The number of morpholine rings is 1. The Morgan fingerprint density at radius 2 is 1.22 bits per heavy atom. The Labute approximate surface area is 319 Å². The average Bonchev–Trinajstić information content (AvgIpc) is 2.96. The second-order valence-corrected chi connectivity index (χ2v) is 13.7. The topological polar surface area (TPSA) is 193 Å². The van der Waals surface area contributed by atoms with Crippen molar-refractivity contribution in [1.29, 1.82) is 0 Å². The van der Waals surface area contributed by atoms with E-state index in [-0.39, 0.29) is 60.1 Å². The summed E-state index contributed by atoms with van der Waals surface area (Å²) in [6, 6.07) is -0.398. The van der Waals surface area contributed by atoms with Crippen molar-refractivity contribution in [3.05, 3.63) is 21.8 Å². The number of carbonyl (C=O) groups excluding carboxylic acids is 7. The molecule has 0 bridgehead atoms. The largest absolute Gasteiger partial charge is 0.462 e. The zero-order valence-electron chi connectivity index (χ0n) is 25.0. The van der Waals surface area contributed by atoms with Crippen LogP contribution in [0.3, 0.4) is 0 Å². The standard InChI is InChI=1S/C27H31I4N3O12/c1-12(35)43-9-17(45-14(3)37)6-32-26(40)20-22(29)21(27(41)33-7-18(46-15(4)38)10-44-13(2)36)24(31)25(23(20)30)34-16(5-28)8-42-11-19(34)39/h16-18H,5-11H2,1-4H3,(H,32,40)(H,33,41). The molecule has 19 heteroatoms. The van der Waals surface area contributed by atoms with Crippen molar-refractivity contribution < 1.29 is 57.2 Å². The van der Waals surface area contributed by atoms with Crippen molar-refractivity contribution in [3.8, 4) is 0 Å². The fourth-order valence-corrected chi connectivity index (χ4v) is 9.37. The molecule has 3 amide bonds. The minimum Gasteiger partial charge on any atom is -0.462 e. The number of hydrogen-bond donors (Lipinski definition) is 2. The summed E-state index contributed by atoms with van der Waals surface area (Å²) in [7, 11) is 0. The predicted molar refractivity (Wildman–Crippen MR) is 195 cm³/mol. The third-order valence-corrected chi connectivity index (χ3v) is 10.1. The molecule has 1 fully saturated rings. The highest BCUT2D eigenvalue weighted by Gasteiger charge is 2.37. The van der Waals surface area contributed by atoms with Gasteiger partial charge in [-0.2, -0.15) is 0 Å². The normalized spacial score (nSPS) is 15.7.